The highest BCUT2D eigenvalue weighted by Crippen LogP contribution is 2.63. The van der Waals surface area contributed by atoms with E-state index in [4.69, 9.17) is 19.4 Å². The summed E-state index contributed by atoms with van der Waals surface area (Å²) in [7, 11) is 0. The Hall–Kier alpha value is -8.21. The number of furan rings is 1. The minimum atomic E-state index is -0.392. The summed E-state index contributed by atoms with van der Waals surface area (Å²) in [6.07, 6.45) is 0. The van der Waals surface area contributed by atoms with Crippen molar-refractivity contribution < 1.29 is 4.42 Å². The monoisotopic (exact) mass is 789 g/mol. The molecule has 2 aliphatic carbocycles. The first-order valence-electron chi connectivity index (χ1n) is 21.1. The SMILES string of the molecule is c1ccc(-c2nc(-c3cccc(-c4ccc5c(c4)oc4ccccc45)c3)nc(-c3ccccc3-c3ccc4c(c3)-c3ccccc3C43c4ccccc4-c4ccccc43)n2)cc1. The van der Waals surface area contributed by atoms with Crippen LogP contribution in [0.15, 0.2) is 217 Å². The second-order valence-corrected chi connectivity index (χ2v) is 16.3. The van der Waals surface area contributed by atoms with Gasteiger partial charge in [0.05, 0.1) is 5.41 Å². The van der Waals surface area contributed by atoms with Gasteiger partial charge in [-0.3, -0.25) is 0 Å². The average Bonchev–Trinajstić information content (AvgIpc) is 3.98. The van der Waals surface area contributed by atoms with Crippen LogP contribution in [0.4, 0.5) is 0 Å². The van der Waals surface area contributed by atoms with Crippen LogP contribution in [0.25, 0.3) is 101 Å². The van der Waals surface area contributed by atoms with Crippen molar-refractivity contribution in [3.63, 3.8) is 0 Å². The van der Waals surface area contributed by atoms with Crippen LogP contribution in [-0.2, 0) is 5.41 Å². The molecular weight excluding hydrogens is 755 g/mol. The summed E-state index contributed by atoms with van der Waals surface area (Å²) in [6.45, 7) is 0. The van der Waals surface area contributed by atoms with E-state index in [1.165, 1.54) is 44.5 Å². The summed E-state index contributed by atoms with van der Waals surface area (Å²) >= 11 is 0. The first-order valence-corrected chi connectivity index (χ1v) is 21.1. The Bertz CT molecular complexity index is 3560. The third-order valence-electron chi connectivity index (χ3n) is 13.0. The van der Waals surface area contributed by atoms with Gasteiger partial charge in [0.1, 0.15) is 11.2 Å². The maximum atomic E-state index is 6.27. The summed E-state index contributed by atoms with van der Waals surface area (Å²) in [6, 6.07) is 75.6. The van der Waals surface area contributed by atoms with Gasteiger partial charge in [0.2, 0.25) is 0 Å². The maximum absolute atomic E-state index is 6.27. The van der Waals surface area contributed by atoms with Crippen molar-refractivity contribution in [3.8, 4) is 78.7 Å². The van der Waals surface area contributed by atoms with Gasteiger partial charge in [-0.15, -0.1) is 0 Å². The lowest BCUT2D eigenvalue weighted by atomic mass is 9.70. The van der Waals surface area contributed by atoms with E-state index < -0.39 is 5.41 Å². The van der Waals surface area contributed by atoms with Gasteiger partial charge in [0.15, 0.2) is 17.5 Å². The molecule has 2 aliphatic rings. The lowest BCUT2D eigenvalue weighted by molar-refractivity contribution is 0.669. The number of fused-ring (bicyclic) bond motifs is 13. The molecule has 4 nitrogen and oxygen atoms in total. The van der Waals surface area contributed by atoms with Gasteiger partial charge in [0.25, 0.3) is 0 Å². The first-order chi connectivity index (χ1) is 30.7. The number of benzene rings is 9. The van der Waals surface area contributed by atoms with E-state index in [0.29, 0.717) is 17.5 Å². The van der Waals surface area contributed by atoms with E-state index in [-0.39, 0.29) is 0 Å². The highest BCUT2D eigenvalue weighted by atomic mass is 16.3. The molecule has 0 aliphatic heterocycles. The number of rotatable bonds is 5. The van der Waals surface area contributed by atoms with Gasteiger partial charge in [-0.05, 0) is 97.1 Å². The van der Waals surface area contributed by atoms with E-state index in [9.17, 15) is 0 Å². The molecule has 0 radical (unpaired) electrons. The lowest BCUT2D eigenvalue weighted by Gasteiger charge is -2.30. The average molecular weight is 790 g/mol. The number of nitrogens with zero attached hydrogens (tertiary/aromatic N) is 3. The summed E-state index contributed by atoms with van der Waals surface area (Å²) in [5.41, 5.74) is 18.9. The second-order valence-electron chi connectivity index (χ2n) is 16.3. The van der Waals surface area contributed by atoms with Crippen molar-refractivity contribution >= 4 is 21.9 Å². The van der Waals surface area contributed by atoms with Crippen molar-refractivity contribution in [2.75, 3.05) is 0 Å². The standard InChI is InChI=1S/C58H35N3O/c1-2-15-36(16-3-1)55-59-56(40-18-14-17-37(33-40)38-29-31-46-45-23-9-13-28-53(45)62-54(46)35-38)61-57(60-55)47-24-5-4-19-41(47)39-30-32-52-48(34-39)44-22-8-12-27-51(44)58(52)49-25-10-6-20-42(49)43-21-7-11-26-50(43)58/h1-35H. The van der Waals surface area contributed by atoms with E-state index in [1.807, 2.05) is 36.4 Å². The van der Waals surface area contributed by atoms with E-state index in [0.717, 1.165) is 60.9 Å². The molecule has 1 spiro atoms. The summed E-state index contributed by atoms with van der Waals surface area (Å²) < 4.78 is 6.27. The third-order valence-corrected chi connectivity index (χ3v) is 13.0. The Morgan fingerprint density at radius 2 is 0.774 bits per heavy atom. The van der Waals surface area contributed by atoms with Crippen LogP contribution < -0.4 is 0 Å². The Morgan fingerprint density at radius 1 is 0.274 bits per heavy atom. The topological polar surface area (TPSA) is 51.8 Å². The molecule has 0 unspecified atom stereocenters. The fraction of sp³-hybridized carbons (Fsp3) is 0.0172. The molecule has 62 heavy (non-hydrogen) atoms. The normalized spacial score (nSPS) is 13.0. The van der Waals surface area contributed by atoms with Crippen LogP contribution in [0.1, 0.15) is 22.3 Å². The van der Waals surface area contributed by atoms with Crippen molar-refractivity contribution in [1.29, 1.82) is 0 Å². The van der Waals surface area contributed by atoms with Crippen LogP contribution in [0.3, 0.4) is 0 Å². The van der Waals surface area contributed by atoms with Crippen molar-refractivity contribution in [2.45, 2.75) is 5.41 Å². The molecular formula is C58H35N3O. The number of hydrogen-bond acceptors (Lipinski definition) is 4. The largest absolute Gasteiger partial charge is 0.456 e. The molecule has 11 aromatic rings. The van der Waals surface area contributed by atoms with E-state index >= 15 is 0 Å². The van der Waals surface area contributed by atoms with Crippen LogP contribution in [0, 0.1) is 0 Å². The van der Waals surface area contributed by atoms with Gasteiger partial charge < -0.3 is 4.42 Å². The molecule has 0 atom stereocenters. The fourth-order valence-corrected chi connectivity index (χ4v) is 10.3. The zero-order valence-electron chi connectivity index (χ0n) is 33.5. The Labute approximate surface area is 358 Å². The van der Waals surface area contributed by atoms with Gasteiger partial charge in [-0.2, -0.15) is 0 Å². The predicted octanol–water partition coefficient (Wildman–Crippen LogP) is 14.4. The molecule has 13 rings (SSSR count). The molecule has 0 saturated heterocycles. The highest BCUT2D eigenvalue weighted by Gasteiger charge is 2.51. The van der Waals surface area contributed by atoms with Crippen LogP contribution in [0.2, 0.25) is 0 Å². The molecule has 0 fully saturated rings. The van der Waals surface area contributed by atoms with E-state index in [1.54, 1.807) is 0 Å². The lowest BCUT2D eigenvalue weighted by Crippen LogP contribution is -2.25. The second kappa shape index (κ2) is 13.4. The van der Waals surface area contributed by atoms with Gasteiger partial charge in [-0.1, -0.05) is 182 Å². The van der Waals surface area contributed by atoms with Crippen molar-refractivity contribution in [1.82, 2.24) is 15.0 Å². The minimum absolute atomic E-state index is 0.392. The Kier molecular flexibility index (Phi) is 7.49. The van der Waals surface area contributed by atoms with Crippen LogP contribution in [0.5, 0.6) is 0 Å². The van der Waals surface area contributed by atoms with Crippen LogP contribution >= 0.6 is 0 Å². The zero-order chi connectivity index (χ0) is 40.8. The minimum Gasteiger partial charge on any atom is -0.456 e. The maximum Gasteiger partial charge on any atom is 0.164 e. The first kappa shape index (κ1) is 34.6. The Balaban J connectivity index is 0.958. The number of hydrogen-bond donors (Lipinski definition) is 0. The number of aromatic nitrogens is 3. The third kappa shape index (κ3) is 5.04. The predicted molar refractivity (Wildman–Crippen MR) is 251 cm³/mol. The molecule has 2 heterocycles. The summed E-state index contributed by atoms with van der Waals surface area (Å²) in [5.74, 6) is 1.85. The molecule has 0 bridgehead atoms. The van der Waals surface area contributed by atoms with Crippen molar-refractivity contribution in [3.05, 3.63) is 235 Å². The Morgan fingerprint density at radius 3 is 1.52 bits per heavy atom. The van der Waals surface area contributed by atoms with Crippen LogP contribution in [-0.4, -0.2) is 15.0 Å². The van der Waals surface area contributed by atoms with Gasteiger partial charge in [0, 0.05) is 27.5 Å². The summed E-state index contributed by atoms with van der Waals surface area (Å²) in [4.78, 5) is 15.6. The number of para-hydroxylation sites is 1. The zero-order valence-corrected chi connectivity index (χ0v) is 33.5. The highest BCUT2D eigenvalue weighted by molar-refractivity contribution is 6.06. The summed E-state index contributed by atoms with van der Waals surface area (Å²) in [5, 5.41) is 2.23. The molecule has 0 saturated carbocycles. The van der Waals surface area contributed by atoms with Crippen molar-refractivity contribution in [2.24, 2.45) is 0 Å². The molecule has 0 N–H and O–H groups in total. The van der Waals surface area contributed by atoms with Gasteiger partial charge in [-0.25, -0.2) is 15.0 Å². The fourth-order valence-electron chi connectivity index (χ4n) is 10.3. The smallest absolute Gasteiger partial charge is 0.164 e. The molecule has 4 heteroatoms. The van der Waals surface area contributed by atoms with E-state index in [2.05, 4.69) is 176 Å². The van der Waals surface area contributed by atoms with Gasteiger partial charge >= 0.3 is 0 Å². The molecule has 0 amide bonds. The molecule has 288 valence electrons. The molecule has 2 aromatic heterocycles. The quantitative estimate of drug-likeness (QED) is 0.174. The molecule has 9 aromatic carbocycles.